The zero-order valence-corrected chi connectivity index (χ0v) is 38.3. The van der Waals surface area contributed by atoms with Gasteiger partial charge in [-0.3, -0.25) is 28.8 Å². The maximum atomic E-state index is 16.6. The molecule has 8 heterocycles. The van der Waals surface area contributed by atoms with Crippen molar-refractivity contribution in [3.8, 4) is 11.4 Å². The molecule has 7 aromatic rings. The van der Waals surface area contributed by atoms with Crippen LogP contribution in [0.3, 0.4) is 0 Å². The SMILES string of the molecule is Cc1cc(-n2nc3c(c2N2CC4COc5cc6c(cnn6C)c(F)c5N4C2=O)[C@H](C)N(C(=O)c2cc4cc([C@H]5CCOC(C)(C)C5)ccc4n2[C@@]2(c4noc(=O)[nH]4)C[C@@H]2C)CC3)cc(C)c1F. The number of halogens is 2. The molecular weight excluding hydrogens is 863 g/mol. The highest BCUT2D eigenvalue weighted by molar-refractivity contribution is 6.10. The van der Waals surface area contributed by atoms with E-state index in [1.165, 1.54) is 11.1 Å². The number of fused-ring (bicyclic) bond motifs is 6. The van der Waals surface area contributed by atoms with Crippen molar-refractivity contribution < 1.29 is 32.4 Å². The predicted molar refractivity (Wildman–Crippen MR) is 243 cm³/mol. The zero-order chi connectivity index (χ0) is 46.6. The Morgan fingerprint density at radius 2 is 1.76 bits per heavy atom. The molecule has 3 amide bonds. The van der Waals surface area contributed by atoms with Gasteiger partial charge in [0.25, 0.3) is 5.91 Å². The van der Waals surface area contributed by atoms with Crippen molar-refractivity contribution in [1.29, 1.82) is 0 Å². The number of aromatic amines is 1. The Kier molecular flexibility index (Phi) is 8.91. The van der Waals surface area contributed by atoms with Crippen LogP contribution in [-0.4, -0.2) is 89.1 Å². The number of carbonyl (C=O) groups is 2. The van der Waals surface area contributed by atoms with E-state index in [4.69, 9.17) is 19.1 Å². The van der Waals surface area contributed by atoms with E-state index in [0.717, 1.165) is 29.3 Å². The quantitative estimate of drug-likeness (QED) is 0.176. The van der Waals surface area contributed by atoms with Crippen LogP contribution in [0.2, 0.25) is 0 Å². The fraction of sp³-hybridized carbons (Fsp3) is 0.429. The van der Waals surface area contributed by atoms with E-state index in [1.54, 1.807) is 53.4 Å². The Morgan fingerprint density at radius 3 is 2.48 bits per heavy atom. The molecule has 5 aliphatic rings. The standard InChI is InChI=1S/C49H50F2N10O6/c1-24-14-31(15-25(2)40(24)50)61-43(58-22-32-23-65-38-18-36-33(21-52-56(36)7)41(51)42(38)59(32)47(58)64)39-27(4)57(12-10-34(39)54-61)44(62)37-17-30-16-28(29-11-13-66-48(5,6)20-29)8-9-35(30)60(37)49(19-26(49)3)45-53-46(63)67-55-45/h8-9,14-18,21,26-27,29,32H,10-13,19-20,22-23H2,1-7H3,(H,53,55,63)/t26-,27-,29-,32?,49-/m0/s1. The molecule has 0 bridgehead atoms. The highest BCUT2D eigenvalue weighted by Gasteiger charge is 2.59. The van der Waals surface area contributed by atoms with Crippen LogP contribution in [0.25, 0.3) is 27.5 Å². The summed E-state index contributed by atoms with van der Waals surface area (Å²) >= 11 is 0. The molecular formula is C49H50F2N10O6. The first-order valence-electron chi connectivity index (χ1n) is 23.0. The average Bonchev–Trinajstić information content (AvgIpc) is 3.91. The van der Waals surface area contributed by atoms with Gasteiger partial charge in [0.1, 0.15) is 40.9 Å². The number of carbonyl (C=O) groups excluding carboxylic acids is 2. The number of nitrogens with zero attached hydrogens (tertiary/aromatic N) is 9. The Hall–Kier alpha value is -6.82. The van der Waals surface area contributed by atoms with Crippen LogP contribution in [0.4, 0.5) is 25.1 Å². The number of urea groups is 1. The molecule has 67 heavy (non-hydrogen) atoms. The first kappa shape index (κ1) is 41.6. The van der Waals surface area contributed by atoms with Gasteiger partial charge in [-0.05, 0) is 113 Å². The Bertz CT molecular complexity index is 3300. The normalized spacial score (nSPS) is 24.3. The first-order valence-corrected chi connectivity index (χ1v) is 23.0. The third-order valence-electron chi connectivity index (χ3n) is 15.2. The van der Waals surface area contributed by atoms with Crippen molar-refractivity contribution in [1.82, 2.24) is 39.2 Å². The number of H-pyrrole nitrogens is 1. The van der Waals surface area contributed by atoms with Crippen molar-refractivity contribution in [3.63, 3.8) is 0 Å². The minimum absolute atomic E-state index is 0.00267. The lowest BCUT2D eigenvalue weighted by molar-refractivity contribution is -0.0592. The first-order chi connectivity index (χ1) is 32.0. The second-order valence-corrected chi connectivity index (χ2v) is 19.8. The maximum Gasteiger partial charge on any atom is 0.438 e. The van der Waals surface area contributed by atoms with Gasteiger partial charge in [0, 0.05) is 49.2 Å². The van der Waals surface area contributed by atoms with Crippen molar-refractivity contribution >= 4 is 45.2 Å². The lowest BCUT2D eigenvalue weighted by Crippen LogP contribution is -2.42. The minimum atomic E-state index is -0.860. The molecule has 1 saturated carbocycles. The number of aryl methyl sites for hydroxylation is 3. The van der Waals surface area contributed by atoms with Gasteiger partial charge in [-0.15, -0.1) is 0 Å². The highest BCUT2D eigenvalue weighted by Crippen LogP contribution is 2.56. The average molecular weight is 913 g/mol. The van der Waals surface area contributed by atoms with E-state index in [9.17, 15) is 4.79 Å². The summed E-state index contributed by atoms with van der Waals surface area (Å²) in [6.45, 7) is 12.8. The number of amides is 3. The molecule has 1 N–H and O–H groups in total. The van der Waals surface area contributed by atoms with Gasteiger partial charge in [0.2, 0.25) is 0 Å². The highest BCUT2D eigenvalue weighted by atomic mass is 19.1. The molecule has 0 spiro atoms. The summed E-state index contributed by atoms with van der Waals surface area (Å²) in [6.07, 6.45) is 4.13. The second kappa shape index (κ2) is 14.3. The molecule has 4 aliphatic heterocycles. The predicted octanol–water partition coefficient (Wildman–Crippen LogP) is 7.71. The molecule has 5 atom stereocenters. The molecule has 1 aliphatic carbocycles. The number of aromatic nitrogens is 7. The van der Waals surface area contributed by atoms with Crippen molar-refractivity contribution in [3.05, 3.63) is 110 Å². The van der Waals surface area contributed by atoms with Gasteiger partial charge < -0.3 is 18.9 Å². The van der Waals surface area contributed by atoms with Gasteiger partial charge in [0.05, 0.1) is 52.7 Å². The lowest BCUT2D eigenvalue weighted by Gasteiger charge is -2.35. The van der Waals surface area contributed by atoms with Crippen LogP contribution in [0.15, 0.2) is 58.0 Å². The largest absolute Gasteiger partial charge is 0.489 e. The monoisotopic (exact) mass is 912 g/mol. The smallest absolute Gasteiger partial charge is 0.438 e. The summed E-state index contributed by atoms with van der Waals surface area (Å²) in [5.41, 5.74) is 4.53. The molecule has 3 aromatic carbocycles. The minimum Gasteiger partial charge on any atom is -0.489 e. The molecule has 18 heteroatoms. The van der Waals surface area contributed by atoms with Crippen molar-refractivity contribution in [2.75, 3.05) is 36.1 Å². The van der Waals surface area contributed by atoms with E-state index in [2.05, 4.69) is 54.2 Å². The molecule has 3 fully saturated rings. The molecule has 0 radical (unpaired) electrons. The number of benzene rings is 3. The number of rotatable bonds is 6. The number of nitrogens with one attached hydrogen (secondary N) is 1. The lowest BCUT2D eigenvalue weighted by atomic mass is 9.83. The van der Waals surface area contributed by atoms with Crippen LogP contribution in [-0.2, 0) is 23.7 Å². The summed E-state index contributed by atoms with van der Waals surface area (Å²) in [5.74, 6) is -0.621. The van der Waals surface area contributed by atoms with Gasteiger partial charge in [-0.2, -0.15) is 10.2 Å². The Balaban J connectivity index is 0.986. The fourth-order valence-corrected chi connectivity index (χ4v) is 11.7. The Morgan fingerprint density at radius 1 is 0.985 bits per heavy atom. The van der Waals surface area contributed by atoms with Crippen LogP contribution in [0.1, 0.15) is 103 Å². The molecule has 1 unspecified atom stereocenters. The topological polar surface area (TPSA) is 162 Å². The number of hydrogen-bond acceptors (Lipinski definition) is 9. The van der Waals surface area contributed by atoms with Crippen LogP contribution in [0, 0.1) is 31.4 Å². The summed E-state index contributed by atoms with van der Waals surface area (Å²) < 4.78 is 54.3. The van der Waals surface area contributed by atoms with E-state index in [1.807, 2.05) is 22.5 Å². The maximum absolute atomic E-state index is 16.6. The fourth-order valence-electron chi connectivity index (χ4n) is 11.7. The van der Waals surface area contributed by atoms with Crippen LogP contribution in [0.5, 0.6) is 5.75 Å². The number of anilines is 2. The summed E-state index contributed by atoms with van der Waals surface area (Å²) in [5, 5.41) is 14.7. The number of hydrogen-bond donors (Lipinski definition) is 1. The Labute approximate surface area is 383 Å². The third-order valence-corrected chi connectivity index (χ3v) is 15.2. The van der Waals surface area contributed by atoms with E-state index < -0.39 is 35.2 Å². The second-order valence-electron chi connectivity index (χ2n) is 19.8. The number of ether oxygens (including phenoxy) is 2. The van der Waals surface area contributed by atoms with Gasteiger partial charge in [-0.1, -0.05) is 18.1 Å². The van der Waals surface area contributed by atoms with Crippen molar-refractivity contribution in [2.45, 2.75) is 96.4 Å². The summed E-state index contributed by atoms with van der Waals surface area (Å²) in [4.78, 5) is 50.9. The van der Waals surface area contributed by atoms with Crippen LogP contribution >= 0.6 is 0 Å². The summed E-state index contributed by atoms with van der Waals surface area (Å²) in [6, 6.07) is 11.7. The van der Waals surface area contributed by atoms with E-state index in [-0.39, 0.29) is 59.1 Å². The molecule has 2 saturated heterocycles. The van der Waals surface area contributed by atoms with E-state index >= 15 is 18.4 Å². The van der Waals surface area contributed by atoms with Gasteiger partial charge in [0.15, 0.2) is 11.6 Å². The molecule has 346 valence electrons. The molecule has 16 nitrogen and oxygen atoms in total. The molecule has 4 aromatic heterocycles. The zero-order valence-electron chi connectivity index (χ0n) is 38.3. The third kappa shape index (κ3) is 6.03. The van der Waals surface area contributed by atoms with Crippen LogP contribution < -0.4 is 20.3 Å². The summed E-state index contributed by atoms with van der Waals surface area (Å²) in [7, 11) is 1.72. The van der Waals surface area contributed by atoms with Crippen molar-refractivity contribution in [2.24, 2.45) is 13.0 Å². The van der Waals surface area contributed by atoms with E-state index in [0.29, 0.717) is 76.9 Å². The van der Waals surface area contributed by atoms with Gasteiger partial charge >= 0.3 is 11.8 Å². The molecule has 12 rings (SSSR count). The van der Waals surface area contributed by atoms with Gasteiger partial charge in [-0.25, -0.2) is 23.1 Å².